The van der Waals surface area contributed by atoms with Crippen LogP contribution in [-0.2, 0) is 21.2 Å². The van der Waals surface area contributed by atoms with Gasteiger partial charge in [-0.1, -0.05) is 25.1 Å². The van der Waals surface area contributed by atoms with E-state index < -0.39 is 15.9 Å². The molecule has 3 aromatic rings. The first-order valence-corrected chi connectivity index (χ1v) is 10.8. The second kappa shape index (κ2) is 8.50. The molecule has 0 aliphatic rings. The number of hydrogen-bond donors (Lipinski definition) is 2. The summed E-state index contributed by atoms with van der Waals surface area (Å²) in [5.74, 6) is -0.677. The van der Waals surface area contributed by atoms with Gasteiger partial charge in [0.2, 0.25) is 5.91 Å². The van der Waals surface area contributed by atoms with E-state index in [0.29, 0.717) is 16.9 Å². The molecule has 8 nitrogen and oxygen atoms in total. The number of H-pyrrole nitrogens is 1. The van der Waals surface area contributed by atoms with Crippen molar-refractivity contribution in [1.82, 2.24) is 14.5 Å². The second-order valence-electron chi connectivity index (χ2n) is 6.69. The molecule has 9 heteroatoms. The van der Waals surface area contributed by atoms with Crippen molar-refractivity contribution in [3.8, 4) is 5.69 Å². The van der Waals surface area contributed by atoms with E-state index in [1.54, 1.807) is 6.92 Å². The summed E-state index contributed by atoms with van der Waals surface area (Å²) in [5.41, 5.74) is 3.09. The molecule has 3 rings (SSSR count). The zero-order chi connectivity index (χ0) is 21.9. The van der Waals surface area contributed by atoms with Crippen LogP contribution in [0.4, 0.5) is 5.69 Å². The highest BCUT2D eigenvalue weighted by Crippen LogP contribution is 2.19. The number of aromatic nitrogens is 2. The lowest BCUT2D eigenvalue weighted by Crippen LogP contribution is -2.28. The van der Waals surface area contributed by atoms with Crippen molar-refractivity contribution in [3.05, 3.63) is 75.7 Å². The topological polar surface area (TPSA) is 113 Å². The van der Waals surface area contributed by atoms with E-state index in [9.17, 15) is 18.0 Å². The number of sulfonamides is 1. The summed E-state index contributed by atoms with van der Waals surface area (Å²) < 4.78 is 27.3. The number of aryl methyl sites for hydroxylation is 2. The lowest BCUT2D eigenvalue weighted by molar-refractivity contribution is -0.117. The van der Waals surface area contributed by atoms with Gasteiger partial charge in [0.15, 0.2) is 0 Å². The molecule has 1 amide bonds. The number of aliphatic imine (C=N–C) groups is 1. The van der Waals surface area contributed by atoms with E-state index in [-0.39, 0.29) is 10.5 Å². The maximum atomic E-state index is 12.9. The van der Waals surface area contributed by atoms with Crippen molar-refractivity contribution in [2.24, 2.45) is 4.99 Å². The first-order chi connectivity index (χ1) is 14.2. The molecule has 0 aliphatic carbocycles. The van der Waals surface area contributed by atoms with E-state index in [1.165, 1.54) is 35.2 Å². The zero-order valence-corrected chi connectivity index (χ0v) is 17.7. The van der Waals surface area contributed by atoms with Gasteiger partial charge in [-0.15, -0.1) is 0 Å². The lowest BCUT2D eigenvalue weighted by Gasteiger charge is -2.06. The third-order valence-corrected chi connectivity index (χ3v) is 5.95. The van der Waals surface area contributed by atoms with Gasteiger partial charge < -0.3 is 0 Å². The maximum absolute atomic E-state index is 12.9. The first-order valence-electron chi connectivity index (χ1n) is 9.30. The van der Waals surface area contributed by atoms with Crippen molar-refractivity contribution in [2.75, 3.05) is 0 Å². The minimum atomic E-state index is -3.94. The Kier molecular flexibility index (Phi) is 6.02. The van der Waals surface area contributed by atoms with Crippen LogP contribution >= 0.6 is 0 Å². The Hall–Kier alpha value is -3.46. The van der Waals surface area contributed by atoms with Gasteiger partial charge in [-0.2, -0.15) is 0 Å². The second-order valence-corrected chi connectivity index (χ2v) is 8.37. The van der Waals surface area contributed by atoms with Gasteiger partial charge in [0.25, 0.3) is 15.6 Å². The number of nitrogens with one attached hydrogen (secondary N) is 2. The Balaban J connectivity index is 1.93. The summed E-state index contributed by atoms with van der Waals surface area (Å²) in [6.45, 7) is 4.93. The molecule has 0 saturated heterocycles. The Labute approximate surface area is 174 Å². The molecule has 30 heavy (non-hydrogen) atoms. The Morgan fingerprint density at radius 2 is 1.83 bits per heavy atom. The number of benzene rings is 2. The molecule has 0 unspecified atom stereocenters. The minimum absolute atomic E-state index is 0.0734. The summed E-state index contributed by atoms with van der Waals surface area (Å²) >= 11 is 0. The minimum Gasteiger partial charge on any atom is -0.295 e. The highest BCUT2D eigenvalue weighted by molar-refractivity contribution is 7.90. The summed E-state index contributed by atoms with van der Waals surface area (Å²) in [5, 5.41) is 2.98. The molecule has 0 spiro atoms. The molecule has 0 fully saturated rings. The van der Waals surface area contributed by atoms with Crippen molar-refractivity contribution in [3.63, 3.8) is 0 Å². The van der Waals surface area contributed by atoms with Crippen LogP contribution in [-0.4, -0.2) is 30.3 Å². The van der Waals surface area contributed by atoms with Gasteiger partial charge in [-0.05, 0) is 49.2 Å². The molecule has 2 N–H and O–H groups in total. The molecule has 0 saturated carbocycles. The predicted octanol–water partition coefficient (Wildman–Crippen LogP) is 2.61. The van der Waals surface area contributed by atoms with Crippen molar-refractivity contribution in [2.45, 2.75) is 32.1 Å². The van der Waals surface area contributed by atoms with Crippen LogP contribution < -0.4 is 10.3 Å². The van der Waals surface area contributed by atoms with E-state index in [1.807, 2.05) is 35.9 Å². The maximum Gasteiger partial charge on any atom is 0.280 e. The van der Waals surface area contributed by atoms with Crippen molar-refractivity contribution in [1.29, 1.82) is 0 Å². The van der Waals surface area contributed by atoms with E-state index >= 15 is 0 Å². The van der Waals surface area contributed by atoms with Crippen LogP contribution in [0.3, 0.4) is 0 Å². The number of carbonyl (C=O) groups excluding carboxylic acids is 1. The molecule has 1 aromatic heterocycles. The van der Waals surface area contributed by atoms with Crippen LogP contribution in [0.1, 0.15) is 30.7 Å². The zero-order valence-electron chi connectivity index (χ0n) is 16.8. The summed E-state index contributed by atoms with van der Waals surface area (Å²) in [6, 6.07) is 13.4. The number of para-hydroxylation sites is 1. The van der Waals surface area contributed by atoms with Crippen LogP contribution in [0, 0.1) is 6.92 Å². The average molecular weight is 426 g/mol. The molecule has 0 radical (unpaired) electrons. The Morgan fingerprint density at radius 3 is 2.47 bits per heavy atom. The molecule has 156 valence electrons. The van der Waals surface area contributed by atoms with Gasteiger partial charge in [0, 0.05) is 18.8 Å². The highest BCUT2D eigenvalue weighted by atomic mass is 32.2. The van der Waals surface area contributed by atoms with Gasteiger partial charge >= 0.3 is 0 Å². The van der Waals surface area contributed by atoms with E-state index in [2.05, 4.69) is 10.1 Å². The molecule has 2 aromatic carbocycles. The number of aromatic amines is 1. The number of rotatable bonds is 6. The van der Waals surface area contributed by atoms with Crippen LogP contribution in [0.25, 0.3) is 5.69 Å². The monoisotopic (exact) mass is 426 g/mol. The Bertz CT molecular complexity index is 1270. The quantitative estimate of drug-likeness (QED) is 0.590. The fraction of sp³-hybridized carbons (Fsp3) is 0.190. The normalized spacial score (nSPS) is 11.7. The summed E-state index contributed by atoms with van der Waals surface area (Å²) in [7, 11) is -3.94. The van der Waals surface area contributed by atoms with Crippen molar-refractivity contribution < 1.29 is 13.2 Å². The van der Waals surface area contributed by atoms with Gasteiger partial charge in [-0.25, -0.2) is 17.8 Å². The summed E-state index contributed by atoms with van der Waals surface area (Å²) in [4.78, 5) is 28.3. The van der Waals surface area contributed by atoms with Gasteiger partial charge in [0.1, 0.15) is 0 Å². The average Bonchev–Trinajstić information content (AvgIpc) is 2.99. The predicted molar refractivity (Wildman–Crippen MR) is 115 cm³/mol. The SMILES string of the molecule is CCc1ccccc1N=Cc1c(C)[nH]n(-c2ccc(S(=O)(=O)NC(C)=O)cc2)c1=O. The first kappa shape index (κ1) is 21.3. The van der Waals surface area contributed by atoms with Crippen LogP contribution in [0.15, 0.2) is 63.2 Å². The number of amides is 1. The third-order valence-electron chi connectivity index (χ3n) is 4.51. The van der Waals surface area contributed by atoms with E-state index in [4.69, 9.17) is 0 Å². The smallest absolute Gasteiger partial charge is 0.280 e. The van der Waals surface area contributed by atoms with E-state index in [0.717, 1.165) is 24.6 Å². The van der Waals surface area contributed by atoms with Crippen LogP contribution in [0.2, 0.25) is 0 Å². The van der Waals surface area contributed by atoms with Crippen LogP contribution in [0.5, 0.6) is 0 Å². The fourth-order valence-electron chi connectivity index (χ4n) is 2.99. The highest BCUT2D eigenvalue weighted by Gasteiger charge is 2.16. The molecule has 0 bridgehead atoms. The molecular weight excluding hydrogens is 404 g/mol. The molecule has 1 heterocycles. The molecular formula is C21H22N4O4S. The van der Waals surface area contributed by atoms with Gasteiger partial charge in [0.05, 0.1) is 21.8 Å². The number of carbonyl (C=O) groups is 1. The molecule has 0 aliphatic heterocycles. The third kappa shape index (κ3) is 4.41. The standard InChI is InChI=1S/C21H22N4O4S/c1-4-16-7-5-6-8-20(16)22-13-19-14(2)23-25(21(19)27)17-9-11-18(12-10-17)30(28,29)24-15(3)26/h5-13,23H,4H2,1-3H3,(H,24,26). The van der Waals surface area contributed by atoms with Crippen molar-refractivity contribution >= 4 is 27.8 Å². The summed E-state index contributed by atoms with van der Waals surface area (Å²) in [6.07, 6.45) is 2.37. The Morgan fingerprint density at radius 1 is 1.17 bits per heavy atom. The lowest BCUT2D eigenvalue weighted by atomic mass is 10.1. The largest absolute Gasteiger partial charge is 0.295 e. The molecule has 0 atom stereocenters. The number of nitrogens with zero attached hydrogens (tertiary/aromatic N) is 2. The number of hydrogen-bond acceptors (Lipinski definition) is 5. The fourth-order valence-corrected chi connectivity index (χ4v) is 3.98. The van der Waals surface area contributed by atoms with Gasteiger partial charge in [-0.3, -0.25) is 19.7 Å².